The van der Waals surface area contributed by atoms with Crippen LogP contribution in [-0.4, -0.2) is 26.8 Å². The van der Waals surface area contributed by atoms with E-state index in [9.17, 15) is 0 Å². The molecular weight excluding hydrogens is 240 g/mol. The highest BCUT2D eigenvalue weighted by molar-refractivity contribution is 5.45. The van der Waals surface area contributed by atoms with Crippen LogP contribution in [0.15, 0.2) is 18.2 Å². The molecule has 1 aromatic carbocycles. The van der Waals surface area contributed by atoms with Gasteiger partial charge in [-0.15, -0.1) is 0 Å². The maximum Gasteiger partial charge on any atom is 0.161 e. The molecule has 1 heterocycles. The minimum atomic E-state index is 0.0668. The van der Waals surface area contributed by atoms with Gasteiger partial charge >= 0.3 is 0 Å². The topological polar surface area (TPSA) is 56.5 Å². The summed E-state index contributed by atoms with van der Waals surface area (Å²) in [5, 5.41) is 3.26. The van der Waals surface area contributed by atoms with Gasteiger partial charge in [0, 0.05) is 24.4 Å². The molecule has 1 fully saturated rings. The minimum absolute atomic E-state index is 0.0668. The SMILES string of the molecule is CNCC1(C(N)c2ccc3c(c2)OCCCO3)CC1. The highest BCUT2D eigenvalue weighted by atomic mass is 16.5. The minimum Gasteiger partial charge on any atom is -0.490 e. The molecule has 1 atom stereocenters. The summed E-state index contributed by atoms with van der Waals surface area (Å²) in [5.41, 5.74) is 7.84. The van der Waals surface area contributed by atoms with Gasteiger partial charge in [0.05, 0.1) is 13.2 Å². The lowest BCUT2D eigenvalue weighted by atomic mass is 9.90. The number of nitrogens with one attached hydrogen (secondary N) is 1. The average Bonchev–Trinajstić information content (AvgIpc) is 3.21. The molecule has 4 heteroatoms. The zero-order chi connectivity index (χ0) is 13.3. The first-order chi connectivity index (χ1) is 9.25. The van der Waals surface area contributed by atoms with Crippen LogP contribution in [0.1, 0.15) is 30.9 Å². The van der Waals surface area contributed by atoms with E-state index in [-0.39, 0.29) is 11.5 Å². The first-order valence-electron chi connectivity index (χ1n) is 7.05. The second-order valence-electron chi connectivity index (χ2n) is 5.63. The predicted octanol–water partition coefficient (Wildman–Crippen LogP) is 1.85. The molecular formula is C15H22N2O2. The highest BCUT2D eigenvalue weighted by Crippen LogP contribution is 2.53. The zero-order valence-electron chi connectivity index (χ0n) is 11.4. The number of benzene rings is 1. The van der Waals surface area contributed by atoms with E-state index in [0.29, 0.717) is 6.61 Å². The Morgan fingerprint density at radius 2 is 2.00 bits per heavy atom. The van der Waals surface area contributed by atoms with E-state index in [2.05, 4.69) is 17.4 Å². The fourth-order valence-corrected chi connectivity index (χ4v) is 2.84. The second kappa shape index (κ2) is 5.02. The summed E-state index contributed by atoms with van der Waals surface area (Å²) < 4.78 is 11.4. The van der Waals surface area contributed by atoms with Gasteiger partial charge in [-0.25, -0.2) is 0 Å². The first kappa shape index (κ1) is 12.8. The van der Waals surface area contributed by atoms with Crippen LogP contribution in [-0.2, 0) is 0 Å². The van der Waals surface area contributed by atoms with Crippen LogP contribution in [0.25, 0.3) is 0 Å². The van der Waals surface area contributed by atoms with Crippen molar-refractivity contribution in [3.05, 3.63) is 23.8 Å². The fourth-order valence-electron chi connectivity index (χ4n) is 2.84. The van der Waals surface area contributed by atoms with Gasteiger partial charge in [0.2, 0.25) is 0 Å². The monoisotopic (exact) mass is 262 g/mol. The molecule has 0 aromatic heterocycles. The number of hydrogen-bond acceptors (Lipinski definition) is 4. The summed E-state index contributed by atoms with van der Waals surface area (Å²) in [7, 11) is 1.99. The van der Waals surface area contributed by atoms with Gasteiger partial charge in [0.1, 0.15) is 0 Å². The van der Waals surface area contributed by atoms with E-state index in [0.717, 1.165) is 36.6 Å². The van der Waals surface area contributed by atoms with Crippen LogP contribution in [0.2, 0.25) is 0 Å². The van der Waals surface area contributed by atoms with Gasteiger partial charge in [-0.1, -0.05) is 6.07 Å². The van der Waals surface area contributed by atoms with E-state index in [4.69, 9.17) is 15.2 Å². The van der Waals surface area contributed by atoms with Crippen LogP contribution < -0.4 is 20.5 Å². The molecule has 1 aliphatic heterocycles. The maximum atomic E-state index is 6.46. The van der Waals surface area contributed by atoms with E-state index in [1.807, 2.05) is 13.1 Å². The van der Waals surface area contributed by atoms with Crippen molar-refractivity contribution in [2.24, 2.45) is 11.1 Å². The summed E-state index contributed by atoms with van der Waals surface area (Å²) in [6.07, 6.45) is 3.33. The number of hydrogen-bond donors (Lipinski definition) is 2. The van der Waals surface area contributed by atoms with Crippen molar-refractivity contribution in [1.29, 1.82) is 0 Å². The molecule has 0 bridgehead atoms. The summed E-state index contributed by atoms with van der Waals surface area (Å²) >= 11 is 0. The normalized spacial score (nSPS) is 21.6. The van der Waals surface area contributed by atoms with Gasteiger partial charge in [-0.05, 0) is 37.6 Å². The standard InChI is InChI=1S/C15H22N2O2/c1-17-10-15(5-6-15)14(16)11-3-4-12-13(9-11)19-8-2-7-18-12/h3-4,9,14,17H,2,5-8,10,16H2,1H3. The Balaban J connectivity index is 1.83. The van der Waals surface area contributed by atoms with Gasteiger partial charge in [-0.2, -0.15) is 0 Å². The second-order valence-corrected chi connectivity index (χ2v) is 5.63. The average molecular weight is 262 g/mol. The smallest absolute Gasteiger partial charge is 0.161 e. The Bertz CT molecular complexity index is 457. The molecule has 1 aromatic rings. The van der Waals surface area contributed by atoms with Gasteiger partial charge in [-0.3, -0.25) is 0 Å². The van der Waals surface area contributed by atoms with Gasteiger partial charge < -0.3 is 20.5 Å². The highest BCUT2D eigenvalue weighted by Gasteiger charge is 2.47. The molecule has 19 heavy (non-hydrogen) atoms. The van der Waals surface area contributed by atoms with E-state index >= 15 is 0 Å². The summed E-state index contributed by atoms with van der Waals surface area (Å²) in [5.74, 6) is 1.68. The van der Waals surface area contributed by atoms with Crippen LogP contribution in [0.5, 0.6) is 11.5 Å². The third kappa shape index (κ3) is 2.42. The lowest BCUT2D eigenvalue weighted by Gasteiger charge is -2.24. The fraction of sp³-hybridized carbons (Fsp3) is 0.600. The summed E-state index contributed by atoms with van der Waals surface area (Å²) in [6, 6.07) is 6.19. The summed E-state index contributed by atoms with van der Waals surface area (Å²) in [6.45, 7) is 2.41. The molecule has 0 saturated heterocycles. The molecule has 1 saturated carbocycles. The quantitative estimate of drug-likeness (QED) is 0.869. The van der Waals surface area contributed by atoms with Crippen LogP contribution in [0.4, 0.5) is 0 Å². The molecule has 3 rings (SSSR count). The predicted molar refractivity (Wildman–Crippen MR) is 74.6 cm³/mol. The first-order valence-corrected chi connectivity index (χ1v) is 7.05. The molecule has 1 unspecified atom stereocenters. The van der Waals surface area contributed by atoms with Crippen molar-refractivity contribution >= 4 is 0 Å². The Hall–Kier alpha value is -1.26. The van der Waals surface area contributed by atoms with E-state index in [1.54, 1.807) is 0 Å². The van der Waals surface area contributed by atoms with Crippen LogP contribution >= 0.6 is 0 Å². The molecule has 0 radical (unpaired) electrons. The lowest BCUT2D eigenvalue weighted by molar-refractivity contribution is 0.296. The van der Waals surface area contributed by atoms with Gasteiger partial charge in [0.15, 0.2) is 11.5 Å². The third-order valence-corrected chi connectivity index (χ3v) is 4.21. The number of fused-ring (bicyclic) bond motifs is 1. The Kier molecular flexibility index (Phi) is 3.37. The molecule has 2 aliphatic rings. The lowest BCUT2D eigenvalue weighted by Crippen LogP contribution is -2.31. The molecule has 3 N–H and O–H groups in total. The Morgan fingerprint density at radius 3 is 2.68 bits per heavy atom. The van der Waals surface area contributed by atoms with Gasteiger partial charge in [0.25, 0.3) is 0 Å². The Labute approximate surface area is 114 Å². The van der Waals surface area contributed by atoms with Crippen molar-refractivity contribution in [2.75, 3.05) is 26.8 Å². The molecule has 0 amide bonds. The van der Waals surface area contributed by atoms with Crippen LogP contribution in [0.3, 0.4) is 0 Å². The number of ether oxygens (including phenoxy) is 2. The molecule has 4 nitrogen and oxygen atoms in total. The molecule has 0 spiro atoms. The van der Waals surface area contributed by atoms with Crippen molar-refractivity contribution in [1.82, 2.24) is 5.32 Å². The van der Waals surface area contributed by atoms with Crippen LogP contribution in [0, 0.1) is 5.41 Å². The zero-order valence-corrected chi connectivity index (χ0v) is 11.4. The van der Waals surface area contributed by atoms with E-state index in [1.165, 1.54) is 12.8 Å². The van der Waals surface area contributed by atoms with Crippen molar-refractivity contribution in [3.8, 4) is 11.5 Å². The van der Waals surface area contributed by atoms with Crippen molar-refractivity contribution in [2.45, 2.75) is 25.3 Å². The Morgan fingerprint density at radius 1 is 1.26 bits per heavy atom. The third-order valence-electron chi connectivity index (χ3n) is 4.21. The largest absolute Gasteiger partial charge is 0.490 e. The summed E-state index contributed by atoms with van der Waals surface area (Å²) in [4.78, 5) is 0. The molecule has 104 valence electrons. The van der Waals surface area contributed by atoms with Crippen molar-refractivity contribution < 1.29 is 9.47 Å². The van der Waals surface area contributed by atoms with Crippen molar-refractivity contribution in [3.63, 3.8) is 0 Å². The maximum absolute atomic E-state index is 6.46. The molecule has 1 aliphatic carbocycles. The van der Waals surface area contributed by atoms with E-state index < -0.39 is 0 Å². The number of nitrogens with two attached hydrogens (primary N) is 1. The number of rotatable bonds is 4.